The Kier molecular flexibility index (Phi) is 5.68. The molecule has 32 heavy (non-hydrogen) atoms. The van der Waals surface area contributed by atoms with Crippen molar-refractivity contribution in [2.75, 3.05) is 36.4 Å². The minimum Gasteiger partial charge on any atom is -0.489 e. The van der Waals surface area contributed by atoms with Crippen molar-refractivity contribution in [2.24, 2.45) is 5.92 Å². The number of carbonyl (C=O) groups excluding carboxylic acids is 2. The molecule has 2 aliphatic rings. The quantitative estimate of drug-likeness (QED) is 0.615. The van der Waals surface area contributed by atoms with Gasteiger partial charge in [0.05, 0.1) is 12.5 Å². The van der Waals surface area contributed by atoms with E-state index in [-0.39, 0.29) is 23.8 Å². The number of benzene rings is 1. The van der Waals surface area contributed by atoms with Gasteiger partial charge in [-0.1, -0.05) is 0 Å². The fourth-order valence-electron chi connectivity index (χ4n) is 3.82. The van der Waals surface area contributed by atoms with Crippen LogP contribution in [0.2, 0.25) is 0 Å². The highest BCUT2D eigenvalue weighted by atomic mass is 32.1. The minimum absolute atomic E-state index is 0.00839. The molecule has 0 bridgehead atoms. The third kappa shape index (κ3) is 4.40. The van der Waals surface area contributed by atoms with E-state index in [1.807, 2.05) is 41.3 Å². The second-order valence-electron chi connectivity index (χ2n) is 7.81. The fourth-order valence-corrected chi connectivity index (χ4v) is 4.42. The third-order valence-corrected chi connectivity index (χ3v) is 6.37. The molecule has 4 heterocycles. The van der Waals surface area contributed by atoms with E-state index >= 15 is 0 Å². The van der Waals surface area contributed by atoms with Crippen molar-refractivity contribution in [1.29, 1.82) is 0 Å². The Morgan fingerprint density at radius 2 is 1.94 bits per heavy atom. The van der Waals surface area contributed by atoms with Crippen LogP contribution in [0.4, 0.5) is 11.5 Å². The molecular weight excluding hydrogens is 428 g/mol. The van der Waals surface area contributed by atoms with Crippen LogP contribution in [-0.2, 0) is 4.79 Å². The van der Waals surface area contributed by atoms with Gasteiger partial charge in [0.2, 0.25) is 5.91 Å². The van der Waals surface area contributed by atoms with E-state index in [1.54, 1.807) is 22.7 Å². The summed E-state index contributed by atoms with van der Waals surface area (Å²) in [5.41, 5.74) is 0.729. The van der Waals surface area contributed by atoms with Gasteiger partial charge in [-0.3, -0.25) is 9.59 Å². The van der Waals surface area contributed by atoms with Gasteiger partial charge in [0, 0.05) is 49.5 Å². The molecule has 2 aliphatic heterocycles. The molecule has 3 aromatic rings. The van der Waals surface area contributed by atoms with Crippen LogP contribution in [0, 0.1) is 5.92 Å². The highest BCUT2D eigenvalue weighted by molar-refractivity contribution is 7.11. The zero-order valence-electron chi connectivity index (χ0n) is 17.3. The molecule has 9 nitrogen and oxygen atoms in total. The van der Waals surface area contributed by atoms with E-state index in [0.29, 0.717) is 36.9 Å². The van der Waals surface area contributed by atoms with Gasteiger partial charge in [-0.25, -0.2) is 4.98 Å². The molecule has 0 radical (unpaired) electrons. The van der Waals surface area contributed by atoms with E-state index in [4.69, 9.17) is 4.74 Å². The number of carbonyl (C=O) groups is 2. The summed E-state index contributed by atoms with van der Waals surface area (Å²) < 4.78 is 6.03. The van der Waals surface area contributed by atoms with Gasteiger partial charge in [-0.2, -0.15) is 5.10 Å². The average molecular weight is 451 g/mol. The second kappa shape index (κ2) is 8.91. The number of likely N-dealkylation sites (tertiary alicyclic amines) is 1. The molecule has 164 valence electrons. The Bertz CT molecular complexity index is 1070. The molecule has 5 rings (SSSR count). The van der Waals surface area contributed by atoms with Gasteiger partial charge in [0.25, 0.3) is 5.91 Å². The summed E-state index contributed by atoms with van der Waals surface area (Å²) in [6, 6.07) is 11.1. The number of ether oxygens (including phenoxy) is 1. The molecule has 0 aliphatic carbocycles. The first kappa shape index (κ1) is 20.4. The number of aromatic nitrogens is 3. The number of anilines is 2. The van der Waals surface area contributed by atoms with Crippen LogP contribution in [-0.4, -0.2) is 64.2 Å². The monoisotopic (exact) mass is 450 g/mol. The van der Waals surface area contributed by atoms with E-state index in [2.05, 4.69) is 20.5 Å². The Morgan fingerprint density at radius 1 is 1.09 bits per heavy atom. The van der Waals surface area contributed by atoms with Crippen molar-refractivity contribution in [3.05, 3.63) is 59.2 Å². The summed E-state index contributed by atoms with van der Waals surface area (Å²) in [4.78, 5) is 32.8. The second-order valence-corrected chi connectivity index (χ2v) is 8.71. The zero-order chi connectivity index (χ0) is 21.9. The van der Waals surface area contributed by atoms with Gasteiger partial charge < -0.3 is 19.9 Å². The Morgan fingerprint density at radius 3 is 2.66 bits per heavy atom. The Labute approximate surface area is 189 Å². The van der Waals surface area contributed by atoms with Crippen molar-refractivity contribution >= 4 is 34.7 Å². The van der Waals surface area contributed by atoms with Crippen LogP contribution < -0.4 is 15.0 Å². The van der Waals surface area contributed by atoms with E-state index < -0.39 is 0 Å². The topological polar surface area (TPSA) is 101 Å². The van der Waals surface area contributed by atoms with Crippen molar-refractivity contribution in [2.45, 2.75) is 12.5 Å². The minimum atomic E-state index is -0.0761. The fraction of sp³-hybridized carbons (Fsp3) is 0.318. The molecule has 2 fully saturated rings. The lowest BCUT2D eigenvalue weighted by atomic mass is 9.99. The van der Waals surface area contributed by atoms with Gasteiger partial charge >= 0.3 is 0 Å². The highest BCUT2D eigenvalue weighted by Gasteiger charge is 2.33. The van der Waals surface area contributed by atoms with Crippen LogP contribution in [0.3, 0.4) is 0 Å². The van der Waals surface area contributed by atoms with Crippen molar-refractivity contribution in [3.8, 4) is 5.75 Å². The SMILES string of the molecule is O=C(Nc1ccc(O[C@@H]2CCN(C(=O)c3nccs3)C2)cc1)C1CN(c2cccnn2)C1. The molecule has 0 spiro atoms. The predicted octanol–water partition coefficient (Wildman–Crippen LogP) is 2.30. The molecule has 0 saturated carbocycles. The summed E-state index contributed by atoms with van der Waals surface area (Å²) in [7, 11) is 0. The molecule has 10 heteroatoms. The van der Waals surface area contributed by atoms with Gasteiger partial charge in [0.15, 0.2) is 10.8 Å². The van der Waals surface area contributed by atoms with Gasteiger partial charge in [-0.15, -0.1) is 16.4 Å². The largest absolute Gasteiger partial charge is 0.489 e. The Hall–Kier alpha value is -3.53. The average Bonchev–Trinajstić information content (AvgIpc) is 3.47. The van der Waals surface area contributed by atoms with Crippen LogP contribution in [0.1, 0.15) is 16.2 Å². The number of hydrogen-bond acceptors (Lipinski definition) is 8. The lowest BCUT2D eigenvalue weighted by molar-refractivity contribution is -0.120. The van der Waals surface area contributed by atoms with Crippen LogP contribution in [0.5, 0.6) is 5.75 Å². The maximum Gasteiger partial charge on any atom is 0.282 e. The van der Waals surface area contributed by atoms with Gasteiger partial charge in [-0.05, 0) is 36.4 Å². The molecule has 1 N–H and O–H groups in total. The number of nitrogens with one attached hydrogen (secondary N) is 1. The number of nitrogens with zero attached hydrogens (tertiary/aromatic N) is 5. The maximum absolute atomic E-state index is 12.5. The zero-order valence-corrected chi connectivity index (χ0v) is 18.1. The third-order valence-electron chi connectivity index (χ3n) is 5.61. The van der Waals surface area contributed by atoms with Crippen molar-refractivity contribution in [3.63, 3.8) is 0 Å². The first-order valence-electron chi connectivity index (χ1n) is 10.4. The molecule has 0 unspecified atom stereocenters. The summed E-state index contributed by atoms with van der Waals surface area (Å²) >= 11 is 1.35. The first-order chi connectivity index (χ1) is 15.7. The highest BCUT2D eigenvalue weighted by Crippen LogP contribution is 2.25. The normalized spacial score (nSPS) is 18.3. The summed E-state index contributed by atoms with van der Waals surface area (Å²) in [5.74, 6) is 1.38. The summed E-state index contributed by atoms with van der Waals surface area (Å²) in [6.45, 7) is 2.46. The van der Waals surface area contributed by atoms with E-state index in [9.17, 15) is 9.59 Å². The number of thiazole rings is 1. The van der Waals surface area contributed by atoms with E-state index in [0.717, 1.165) is 17.9 Å². The van der Waals surface area contributed by atoms with Crippen molar-refractivity contribution < 1.29 is 14.3 Å². The van der Waals surface area contributed by atoms with E-state index in [1.165, 1.54) is 11.3 Å². The molecular formula is C22H22N6O3S. The van der Waals surface area contributed by atoms with Gasteiger partial charge in [0.1, 0.15) is 11.9 Å². The molecule has 1 atom stereocenters. The predicted molar refractivity (Wildman–Crippen MR) is 120 cm³/mol. The van der Waals surface area contributed by atoms with Crippen molar-refractivity contribution in [1.82, 2.24) is 20.1 Å². The first-order valence-corrected chi connectivity index (χ1v) is 11.3. The number of amides is 2. The maximum atomic E-state index is 12.5. The lowest BCUT2D eigenvalue weighted by Gasteiger charge is -2.38. The van der Waals surface area contributed by atoms with Crippen LogP contribution in [0.25, 0.3) is 0 Å². The Balaban J connectivity index is 1.09. The lowest BCUT2D eigenvalue weighted by Crippen LogP contribution is -2.52. The molecule has 2 amide bonds. The smallest absolute Gasteiger partial charge is 0.282 e. The summed E-state index contributed by atoms with van der Waals surface area (Å²) in [5, 5.41) is 13.2. The standard InChI is InChI=1S/C22H22N6O3S/c29-20(15-12-28(13-15)19-2-1-8-24-26-19)25-16-3-5-17(6-4-16)31-18-7-10-27(14-18)22(30)21-23-9-11-32-21/h1-6,8-9,11,15,18H,7,10,12-14H2,(H,25,29)/t18-/m1/s1. The van der Waals surface area contributed by atoms with Crippen LogP contribution in [0.15, 0.2) is 54.2 Å². The summed E-state index contributed by atoms with van der Waals surface area (Å²) in [6.07, 6.45) is 3.99. The molecule has 1 aromatic carbocycles. The number of rotatable bonds is 6. The number of hydrogen-bond donors (Lipinski definition) is 1. The molecule has 2 aromatic heterocycles. The van der Waals surface area contributed by atoms with Crippen LogP contribution >= 0.6 is 11.3 Å². The molecule has 2 saturated heterocycles.